The minimum Gasteiger partial charge on any atom is -0.392 e. The first-order valence-corrected chi connectivity index (χ1v) is 6.00. The Morgan fingerprint density at radius 3 is 2.47 bits per heavy atom. The number of carbonyl (C=O) groups is 1. The predicted molar refractivity (Wildman–Crippen MR) is 66.7 cm³/mol. The van der Waals surface area contributed by atoms with Gasteiger partial charge in [-0.1, -0.05) is 12.1 Å². The molecule has 4 nitrogen and oxygen atoms in total. The van der Waals surface area contributed by atoms with Crippen molar-refractivity contribution in [1.29, 1.82) is 0 Å². The summed E-state index contributed by atoms with van der Waals surface area (Å²) in [5.41, 5.74) is 1.63. The van der Waals surface area contributed by atoms with Gasteiger partial charge in [0.2, 0.25) is 5.91 Å². The van der Waals surface area contributed by atoms with Gasteiger partial charge in [0.05, 0.1) is 13.2 Å². The number of anilines is 1. The molecule has 1 aromatic rings. The van der Waals surface area contributed by atoms with Crippen molar-refractivity contribution >= 4 is 11.6 Å². The molecule has 1 aromatic carbocycles. The molecule has 0 atom stereocenters. The number of rotatable bonds is 4. The predicted octanol–water partition coefficient (Wildman–Crippen LogP) is 1.21. The molecular weight excluding hydrogens is 216 g/mol. The molecule has 0 aliphatic carbocycles. The van der Waals surface area contributed by atoms with Gasteiger partial charge in [-0.25, -0.2) is 0 Å². The molecule has 0 aromatic heterocycles. The average Bonchev–Trinajstić information content (AvgIpc) is 2.82. The van der Waals surface area contributed by atoms with Gasteiger partial charge in [0.15, 0.2) is 0 Å². The molecule has 2 N–H and O–H groups in total. The van der Waals surface area contributed by atoms with Crippen molar-refractivity contribution in [2.24, 2.45) is 0 Å². The van der Waals surface area contributed by atoms with Gasteiger partial charge < -0.3 is 10.4 Å². The Bertz CT molecular complexity index is 370. The fourth-order valence-corrected chi connectivity index (χ4v) is 2.04. The molecule has 0 radical (unpaired) electrons. The SMILES string of the molecule is O=C(CN1CCCC1)Nc1ccc(CO)cc1. The molecule has 4 heteroatoms. The van der Waals surface area contributed by atoms with E-state index in [9.17, 15) is 4.79 Å². The standard InChI is InChI=1S/C13H18N2O2/c16-10-11-3-5-12(6-4-11)14-13(17)9-15-7-1-2-8-15/h3-6,16H,1-2,7-10H2,(H,14,17). The fourth-order valence-electron chi connectivity index (χ4n) is 2.04. The summed E-state index contributed by atoms with van der Waals surface area (Å²) < 4.78 is 0. The van der Waals surface area contributed by atoms with Gasteiger partial charge in [-0.15, -0.1) is 0 Å². The third-order valence-electron chi connectivity index (χ3n) is 2.99. The Hall–Kier alpha value is -1.39. The fraction of sp³-hybridized carbons (Fsp3) is 0.462. The number of benzene rings is 1. The molecule has 0 bridgehead atoms. The number of nitrogens with one attached hydrogen (secondary N) is 1. The molecule has 1 saturated heterocycles. The lowest BCUT2D eigenvalue weighted by atomic mass is 10.2. The Morgan fingerprint density at radius 1 is 1.24 bits per heavy atom. The normalized spacial score (nSPS) is 16.1. The van der Waals surface area contributed by atoms with E-state index in [1.54, 1.807) is 0 Å². The molecule has 17 heavy (non-hydrogen) atoms. The molecule has 0 unspecified atom stereocenters. The first-order valence-electron chi connectivity index (χ1n) is 6.00. The quantitative estimate of drug-likeness (QED) is 0.823. The van der Waals surface area contributed by atoms with Crippen molar-refractivity contribution in [3.8, 4) is 0 Å². The minimum atomic E-state index is 0.0298. The van der Waals surface area contributed by atoms with Crippen molar-refractivity contribution in [3.63, 3.8) is 0 Å². The lowest BCUT2D eigenvalue weighted by Gasteiger charge is -2.14. The van der Waals surface area contributed by atoms with E-state index in [1.165, 1.54) is 12.8 Å². The van der Waals surface area contributed by atoms with Gasteiger partial charge in [0, 0.05) is 5.69 Å². The first-order chi connectivity index (χ1) is 8.28. The Kier molecular flexibility index (Phi) is 4.12. The average molecular weight is 234 g/mol. The van der Waals surface area contributed by atoms with E-state index in [0.29, 0.717) is 6.54 Å². The maximum atomic E-state index is 11.7. The van der Waals surface area contributed by atoms with Crippen LogP contribution in [0.25, 0.3) is 0 Å². The smallest absolute Gasteiger partial charge is 0.238 e. The van der Waals surface area contributed by atoms with Crippen LogP contribution in [-0.4, -0.2) is 35.5 Å². The van der Waals surface area contributed by atoms with Crippen molar-refractivity contribution in [1.82, 2.24) is 4.90 Å². The molecular formula is C13H18N2O2. The largest absolute Gasteiger partial charge is 0.392 e. The second kappa shape index (κ2) is 5.80. The third kappa shape index (κ3) is 3.54. The number of carbonyl (C=O) groups excluding carboxylic acids is 1. The summed E-state index contributed by atoms with van der Waals surface area (Å²) in [5, 5.41) is 11.8. The van der Waals surface area contributed by atoms with Crippen molar-refractivity contribution in [2.75, 3.05) is 25.0 Å². The van der Waals surface area contributed by atoms with E-state index < -0.39 is 0 Å². The Labute approximate surface area is 101 Å². The molecule has 1 heterocycles. The van der Waals surface area contributed by atoms with Gasteiger partial charge in [-0.3, -0.25) is 9.69 Å². The summed E-state index contributed by atoms with van der Waals surface area (Å²) in [7, 11) is 0. The summed E-state index contributed by atoms with van der Waals surface area (Å²) in [6.45, 7) is 2.55. The maximum Gasteiger partial charge on any atom is 0.238 e. The number of nitrogens with zero attached hydrogens (tertiary/aromatic N) is 1. The zero-order valence-corrected chi connectivity index (χ0v) is 9.85. The van der Waals surface area contributed by atoms with Crippen molar-refractivity contribution in [3.05, 3.63) is 29.8 Å². The van der Waals surface area contributed by atoms with Crippen molar-refractivity contribution < 1.29 is 9.90 Å². The lowest BCUT2D eigenvalue weighted by Crippen LogP contribution is -2.30. The highest BCUT2D eigenvalue weighted by Crippen LogP contribution is 2.11. The third-order valence-corrected chi connectivity index (χ3v) is 2.99. The van der Waals surface area contributed by atoms with Crippen LogP contribution in [0.2, 0.25) is 0 Å². The van der Waals surface area contributed by atoms with Crippen LogP contribution in [0, 0.1) is 0 Å². The highest BCUT2D eigenvalue weighted by molar-refractivity contribution is 5.92. The molecule has 2 rings (SSSR count). The number of aliphatic hydroxyl groups is 1. The van der Waals surface area contributed by atoms with Crippen LogP contribution in [0.5, 0.6) is 0 Å². The summed E-state index contributed by atoms with van der Waals surface area (Å²) in [6, 6.07) is 7.25. The zero-order valence-electron chi connectivity index (χ0n) is 9.85. The second-order valence-corrected chi connectivity index (χ2v) is 4.39. The van der Waals surface area contributed by atoms with Crippen LogP contribution in [-0.2, 0) is 11.4 Å². The Balaban J connectivity index is 1.84. The number of likely N-dealkylation sites (tertiary alicyclic amines) is 1. The van der Waals surface area contributed by atoms with Crippen LogP contribution in [0.15, 0.2) is 24.3 Å². The second-order valence-electron chi connectivity index (χ2n) is 4.39. The van der Waals surface area contributed by atoms with E-state index in [-0.39, 0.29) is 12.5 Å². The highest BCUT2D eigenvalue weighted by atomic mass is 16.3. The van der Waals surface area contributed by atoms with Gasteiger partial charge in [-0.05, 0) is 43.6 Å². The first kappa shape index (κ1) is 12.1. The number of hydrogen-bond donors (Lipinski definition) is 2. The van der Waals surface area contributed by atoms with Crippen LogP contribution >= 0.6 is 0 Å². The topological polar surface area (TPSA) is 52.6 Å². The molecule has 1 amide bonds. The van der Waals surface area contributed by atoms with Crippen LogP contribution in [0.4, 0.5) is 5.69 Å². The lowest BCUT2D eigenvalue weighted by molar-refractivity contribution is -0.117. The Morgan fingerprint density at radius 2 is 1.88 bits per heavy atom. The zero-order chi connectivity index (χ0) is 12.1. The van der Waals surface area contributed by atoms with E-state index >= 15 is 0 Å². The molecule has 1 aliphatic heterocycles. The van der Waals surface area contributed by atoms with Gasteiger partial charge in [-0.2, -0.15) is 0 Å². The molecule has 0 saturated carbocycles. The van der Waals surface area contributed by atoms with E-state index in [2.05, 4.69) is 10.2 Å². The van der Waals surface area contributed by atoms with E-state index in [1.807, 2.05) is 24.3 Å². The van der Waals surface area contributed by atoms with Crippen LogP contribution in [0.3, 0.4) is 0 Å². The molecule has 92 valence electrons. The van der Waals surface area contributed by atoms with Gasteiger partial charge >= 0.3 is 0 Å². The molecule has 1 fully saturated rings. The van der Waals surface area contributed by atoms with E-state index in [0.717, 1.165) is 24.3 Å². The highest BCUT2D eigenvalue weighted by Gasteiger charge is 2.14. The van der Waals surface area contributed by atoms with Gasteiger partial charge in [0.1, 0.15) is 0 Å². The maximum absolute atomic E-state index is 11.7. The van der Waals surface area contributed by atoms with Gasteiger partial charge in [0.25, 0.3) is 0 Å². The molecule has 1 aliphatic rings. The number of aliphatic hydroxyl groups excluding tert-OH is 1. The summed E-state index contributed by atoms with van der Waals surface area (Å²) >= 11 is 0. The van der Waals surface area contributed by atoms with Crippen LogP contribution < -0.4 is 5.32 Å². The monoisotopic (exact) mass is 234 g/mol. The minimum absolute atomic E-state index is 0.0298. The summed E-state index contributed by atoms with van der Waals surface area (Å²) in [5.74, 6) is 0.0312. The molecule has 0 spiro atoms. The van der Waals surface area contributed by atoms with E-state index in [4.69, 9.17) is 5.11 Å². The number of amides is 1. The van der Waals surface area contributed by atoms with Crippen LogP contribution in [0.1, 0.15) is 18.4 Å². The summed E-state index contributed by atoms with van der Waals surface area (Å²) in [6.07, 6.45) is 2.39. The van der Waals surface area contributed by atoms with Crippen molar-refractivity contribution in [2.45, 2.75) is 19.4 Å². The summed E-state index contributed by atoms with van der Waals surface area (Å²) in [4.78, 5) is 13.9. The number of hydrogen-bond acceptors (Lipinski definition) is 3.